The van der Waals surface area contributed by atoms with E-state index in [-0.39, 0.29) is 28.3 Å². The molecular weight excluding hydrogens is 376 g/mol. The van der Waals surface area contributed by atoms with Crippen LogP contribution in [0.5, 0.6) is 0 Å². The van der Waals surface area contributed by atoms with Gasteiger partial charge in [0.2, 0.25) is 0 Å². The molecule has 0 spiro atoms. The van der Waals surface area contributed by atoms with Gasteiger partial charge in [-0.05, 0) is 16.7 Å². The van der Waals surface area contributed by atoms with E-state index in [1.807, 2.05) is 48.6 Å². The van der Waals surface area contributed by atoms with Crippen LogP contribution in [0.15, 0.2) is 66.3 Å². The molecule has 3 rings (SSSR count). The fourth-order valence-corrected chi connectivity index (χ4v) is 2.93. The largest absolute Gasteiger partial charge is 1.00 e. The van der Waals surface area contributed by atoms with Crippen molar-refractivity contribution in [1.29, 1.82) is 10.5 Å². The first-order chi connectivity index (χ1) is 10.7. The molecule has 112 valence electrons. The van der Waals surface area contributed by atoms with Gasteiger partial charge in [-0.15, -0.1) is 17.7 Å². The third kappa shape index (κ3) is 2.63. The Bertz CT molecular complexity index is 848. The van der Waals surface area contributed by atoms with Gasteiger partial charge >= 0.3 is 22.4 Å². The van der Waals surface area contributed by atoms with Gasteiger partial charge in [0, 0.05) is 5.92 Å². The molecule has 0 heterocycles. The van der Waals surface area contributed by atoms with Gasteiger partial charge in [0.15, 0.2) is 5.41 Å². The van der Waals surface area contributed by atoms with Gasteiger partial charge < -0.3 is 6.42 Å². The Balaban J connectivity index is 0.00000192. The fourth-order valence-electron chi connectivity index (χ4n) is 2.93. The molecule has 1 aromatic rings. The average Bonchev–Trinajstić information content (AvgIpc) is 2.71. The minimum Gasteiger partial charge on any atom is -0.366 e. The fraction of sp³-hybridized carbons (Fsp3) is 0.100. The second-order valence-electron chi connectivity index (χ2n) is 5.21. The number of nitrogens with zero attached hydrogens (tertiary/aromatic N) is 2. The molecule has 0 radical (unpaired) electrons. The molecule has 0 saturated heterocycles. The zero-order chi connectivity index (χ0) is 15.6. The molecule has 3 heteroatoms. The molecule has 2 aliphatic rings. The monoisotopic (exact) mass is 386 g/mol. The summed E-state index contributed by atoms with van der Waals surface area (Å²) in [5.41, 5.74) is 1.95. The Morgan fingerprint density at radius 2 is 1.70 bits per heavy atom. The van der Waals surface area contributed by atoms with Crippen LogP contribution in [0.25, 0.3) is 5.57 Å². The van der Waals surface area contributed by atoms with Gasteiger partial charge in [0.05, 0.1) is 12.1 Å². The standard InChI is InChI=1S/C20H11N2.Ag/c1-2-15-8-10-16(11-9-15)19-12-17-6-4-3-5-7-18(17)20(19,13-21)14-22;/h3-12,18H;/q-1;+1. The molecular formula is C20H11AgN2. The average molecular weight is 387 g/mol. The van der Waals surface area contributed by atoms with E-state index in [0.29, 0.717) is 11.1 Å². The van der Waals surface area contributed by atoms with Gasteiger partial charge in [-0.3, -0.25) is 5.92 Å². The van der Waals surface area contributed by atoms with Crippen LogP contribution in [0.3, 0.4) is 0 Å². The third-order valence-corrected chi connectivity index (χ3v) is 4.07. The van der Waals surface area contributed by atoms with Crippen molar-refractivity contribution < 1.29 is 22.4 Å². The van der Waals surface area contributed by atoms with Crippen molar-refractivity contribution in [3.05, 3.63) is 83.8 Å². The van der Waals surface area contributed by atoms with Crippen molar-refractivity contribution in [2.75, 3.05) is 0 Å². The van der Waals surface area contributed by atoms with E-state index in [1.165, 1.54) is 0 Å². The van der Waals surface area contributed by atoms with Crippen LogP contribution in [0.1, 0.15) is 11.1 Å². The maximum absolute atomic E-state index is 9.74. The summed E-state index contributed by atoms with van der Waals surface area (Å²) < 4.78 is 0. The summed E-state index contributed by atoms with van der Waals surface area (Å²) in [6.07, 6.45) is 18.6. The minimum absolute atomic E-state index is 0. The summed E-state index contributed by atoms with van der Waals surface area (Å²) >= 11 is 0. The van der Waals surface area contributed by atoms with E-state index in [2.05, 4.69) is 18.1 Å². The Morgan fingerprint density at radius 3 is 2.30 bits per heavy atom. The minimum atomic E-state index is -1.22. The van der Waals surface area contributed by atoms with Gasteiger partial charge in [-0.1, -0.05) is 48.6 Å². The van der Waals surface area contributed by atoms with E-state index >= 15 is 0 Å². The number of rotatable bonds is 1. The molecule has 1 atom stereocenters. The number of hydrogen-bond acceptors (Lipinski definition) is 2. The summed E-state index contributed by atoms with van der Waals surface area (Å²) in [5, 5.41) is 19.5. The van der Waals surface area contributed by atoms with E-state index < -0.39 is 5.41 Å². The molecule has 1 unspecified atom stereocenters. The second kappa shape index (κ2) is 6.70. The predicted octanol–water partition coefficient (Wildman–Crippen LogP) is 3.72. The first-order valence-electron chi connectivity index (χ1n) is 6.88. The molecule has 1 aromatic carbocycles. The van der Waals surface area contributed by atoms with Crippen molar-refractivity contribution in [2.45, 2.75) is 0 Å². The Labute approximate surface area is 151 Å². The quantitative estimate of drug-likeness (QED) is 0.419. The normalized spacial score (nSPS) is 19.8. The van der Waals surface area contributed by atoms with Gasteiger partial charge in [-0.25, -0.2) is 0 Å². The van der Waals surface area contributed by atoms with Crippen LogP contribution in [0.4, 0.5) is 0 Å². The number of nitriles is 2. The molecule has 2 nitrogen and oxygen atoms in total. The molecule has 0 N–H and O–H groups in total. The van der Waals surface area contributed by atoms with E-state index in [4.69, 9.17) is 6.42 Å². The number of benzene rings is 1. The summed E-state index contributed by atoms with van der Waals surface area (Å²) in [7, 11) is 0. The topological polar surface area (TPSA) is 47.6 Å². The van der Waals surface area contributed by atoms with Crippen molar-refractivity contribution in [3.63, 3.8) is 0 Å². The first kappa shape index (κ1) is 16.8. The summed E-state index contributed by atoms with van der Waals surface area (Å²) in [5.74, 6) is 2.06. The summed E-state index contributed by atoms with van der Waals surface area (Å²) in [6.45, 7) is 0. The van der Waals surface area contributed by atoms with Crippen molar-refractivity contribution in [2.24, 2.45) is 11.3 Å². The first-order valence-corrected chi connectivity index (χ1v) is 6.88. The van der Waals surface area contributed by atoms with Crippen molar-refractivity contribution in [1.82, 2.24) is 0 Å². The predicted molar refractivity (Wildman–Crippen MR) is 84.2 cm³/mol. The molecule has 0 amide bonds. The zero-order valence-corrected chi connectivity index (χ0v) is 13.5. The van der Waals surface area contributed by atoms with Crippen LogP contribution >= 0.6 is 0 Å². The van der Waals surface area contributed by atoms with Crippen molar-refractivity contribution in [3.8, 4) is 18.1 Å². The second-order valence-corrected chi connectivity index (χ2v) is 5.21. The SMILES string of the molecule is [Ag+].[C-]#Cc1ccc(C2=CC3=CC=CC=CC3C2(C#N)C#N)cc1. The van der Waals surface area contributed by atoms with E-state index in [1.54, 1.807) is 12.1 Å². The number of hydrogen-bond donors (Lipinski definition) is 0. The Kier molecular flexibility index (Phi) is 4.90. The maximum Gasteiger partial charge on any atom is 1.00 e. The van der Waals surface area contributed by atoms with Crippen LogP contribution in [0.2, 0.25) is 0 Å². The molecule has 0 aromatic heterocycles. The van der Waals surface area contributed by atoms with Gasteiger partial charge in [-0.2, -0.15) is 10.5 Å². The third-order valence-electron chi connectivity index (χ3n) is 4.07. The smallest absolute Gasteiger partial charge is 0.366 e. The number of allylic oxidation sites excluding steroid dienone is 8. The Morgan fingerprint density at radius 1 is 1.00 bits per heavy atom. The van der Waals surface area contributed by atoms with Crippen LogP contribution < -0.4 is 0 Å². The van der Waals surface area contributed by atoms with Gasteiger partial charge in [0.1, 0.15) is 0 Å². The summed E-state index contributed by atoms with van der Waals surface area (Å²) in [6, 6.07) is 11.7. The number of fused-ring (bicyclic) bond motifs is 1. The molecule has 0 saturated carbocycles. The molecule has 2 aliphatic carbocycles. The molecule has 23 heavy (non-hydrogen) atoms. The van der Waals surface area contributed by atoms with E-state index in [9.17, 15) is 10.5 Å². The van der Waals surface area contributed by atoms with Crippen LogP contribution in [-0.4, -0.2) is 0 Å². The Hall–Kier alpha value is -2.54. The molecule has 0 fully saturated rings. The molecule has 0 bridgehead atoms. The zero-order valence-electron chi connectivity index (χ0n) is 12.0. The van der Waals surface area contributed by atoms with Crippen LogP contribution in [0, 0.1) is 46.3 Å². The molecule has 0 aliphatic heterocycles. The van der Waals surface area contributed by atoms with Crippen molar-refractivity contribution >= 4 is 5.57 Å². The van der Waals surface area contributed by atoms with Gasteiger partial charge in [0.25, 0.3) is 0 Å². The van der Waals surface area contributed by atoms with Crippen LogP contribution in [-0.2, 0) is 22.4 Å². The maximum atomic E-state index is 9.74. The van der Waals surface area contributed by atoms with E-state index in [0.717, 1.165) is 11.1 Å². The summed E-state index contributed by atoms with van der Waals surface area (Å²) in [4.78, 5) is 0.